The van der Waals surface area contributed by atoms with Crippen LogP contribution in [0.25, 0.3) is 6.08 Å². The molecule has 2 aromatic rings. The van der Waals surface area contributed by atoms with Gasteiger partial charge < -0.3 is 9.84 Å². The van der Waals surface area contributed by atoms with E-state index in [-0.39, 0.29) is 5.97 Å². The Labute approximate surface area is 130 Å². The van der Waals surface area contributed by atoms with Gasteiger partial charge in [0, 0.05) is 18.0 Å². The largest absolute Gasteiger partial charge is 0.463 e. The molecule has 0 aliphatic heterocycles. The minimum absolute atomic E-state index is 0.316. The van der Waals surface area contributed by atoms with Gasteiger partial charge in [0.1, 0.15) is 6.10 Å². The summed E-state index contributed by atoms with van der Waals surface area (Å²) in [6, 6.07) is 11.0. The summed E-state index contributed by atoms with van der Waals surface area (Å²) < 4.78 is 4.94. The van der Waals surface area contributed by atoms with Gasteiger partial charge in [-0.15, -0.1) is 0 Å². The van der Waals surface area contributed by atoms with E-state index in [2.05, 4.69) is 4.98 Å². The standard InChI is InChI=1S/C18H19NO3/c1-3-22-18(21)13(2)12-14-4-6-15(7-5-14)17(20)16-8-10-19-11-9-16/h4-12,17,20H,3H2,1-2H3. The first kappa shape index (κ1) is 15.9. The van der Waals surface area contributed by atoms with Crippen LogP contribution in [0.4, 0.5) is 0 Å². The number of hydrogen-bond donors (Lipinski definition) is 1. The van der Waals surface area contributed by atoms with Gasteiger partial charge in [0.05, 0.1) is 6.61 Å². The molecule has 1 aromatic heterocycles. The number of carbonyl (C=O) groups is 1. The molecule has 2 rings (SSSR count). The van der Waals surface area contributed by atoms with Crippen LogP contribution in [0.5, 0.6) is 0 Å². The van der Waals surface area contributed by atoms with E-state index in [1.165, 1.54) is 0 Å². The summed E-state index contributed by atoms with van der Waals surface area (Å²) in [6.07, 6.45) is 4.38. The van der Waals surface area contributed by atoms with E-state index in [0.717, 1.165) is 16.7 Å². The van der Waals surface area contributed by atoms with E-state index in [1.54, 1.807) is 44.4 Å². The van der Waals surface area contributed by atoms with E-state index in [1.807, 2.05) is 24.3 Å². The minimum atomic E-state index is -0.688. The molecule has 1 atom stereocenters. The molecule has 1 unspecified atom stereocenters. The summed E-state index contributed by atoms with van der Waals surface area (Å²) in [7, 11) is 0. The molecule has 0 aliphatic carbocycles. The Hall–Kier alpha value is -2.46. The van der Waals surface area contributed by atoms with Gasteiger partial charge in [-0.05, 0) is 48.7 Å². The molecule has 0 bridgehead atoms. The fraction of sp³-hybridized carbons (Fsp3) is 0.222. The molecule has 4 nitrogen and oxygen atoms in total. The summed E-state index contributed by atoms with van der Waals surface area (Å²) in [5.74, 6) is -0.316. The number of esters is 1. The number of pyridine rings is 1. The maximum Gasteiger partial charge on any atom is 0.333 e. The van der Waals surface area contributed by atoms with Crippen molar-refractivity contribution in [2.45, 2.75) is 20.0 Å². The van der Waals surface area contributed by atoms with Crippen LogP contribution in [0.2, 0.25) is 0 Å². The van der Waals surface area contributed by atoms with Gasteiger partial charge in [-0.3, -0.25) is 4.98 Å². The lowest BCUT2D eigenvalue weighted by molar-refractivity contribution is -0.138. The Bertz CT molecular complexity index is 648. The van der Waals surface area contributed by atoms with Gasteiger partial charge in [0.15, 0.2) is 0 Å². The Balaban J connectivity index is 2.14. The third-order valence-corrected chi connectivity index (χ3v) is 3.25. The zero-order valence-corrected chi connectivity index (χ0v) is 12.7. The minimum Gasteiger partial charge on any atom is -0.463 e. The Morgan fingerprint density at radius 3 is 2.36 bits per heavy atom. The second-order valence-corrected chi connectivity index (χ2v) is 4.90. The topological polar surface area (TPSA) is 59.4 Å². The average molecular weight is 297 g/mol. The smallest absolute Gasteiger partial charge is 0.333 e. The molecule has 0 radical (unpaired) electrons. The van der Waals surface area contributed by atoms with Crippen LogP contribution in [-0.2, 0) is 9.53 Å². The number of nitrogens with zero attached hydrogens (tertiary/aromatic N) is 1. The monoisotopic (exact) mass is 297 g/mol. The van der Waals surface area contributed by atoms with Crippen molar-refractivity contribution in [2.24, 2.45) is 0 Å². The van der Waals surface area contributed by atoms with E-state index in [4.69, 9.17) is 4.74 Å². The molecule has 1 N–H and O–H groups in total. The lowest BCUT2D eigenvalue weighted by atomic mass is 10.0. The van der Waals surface area contributed by atoms with E-state index < -0.39 is 6.10 Å². The highest BCUT2D eigenvalue weighted by atomic mass is 16.5. The molecule has 0 amide bonds. The van der Waals surface area contributed by atoms with E-state index >= 15 is 0 Å². The van der Waals surface area contributed by atoms with Crippen LogP contribution >= 0.6 is 0 Å². The molecule has 4 heteroatoms. The second-order valence-electron chi connectivity index (χ2n) is 4.90. The maximum absolute atomic E-state index is 11.6. The molecular formula is C18H19NO3. The first-order chi connectivity index (χ1) is 10.6. The molecule has 0 fully saturated rings. The molecule has 0 saturated heterocycles. The van der Waals surface area contributed by atoms with Crippen LogP contribution in [0, 0.1) is 0 Å². The van der Waals surface area contributed by atoms with Crippen molar-refractivity contribution in [3.63, 3.8) is 0 Å². The zero-order chi connectivity index (χ0) is 15.9. The van der Waals surface area contributed by atoms with Crippen molar-refractivity contribution in [3.05, 3.63) is 71.1 Å². The van der Waals surface area contributed by atoms with Gasteiger partial charge in [0.25, 0.3) is 0 Å². The summed E-state index contributed by atoms with van der Waals surface area (Å²) in [5.41, 5.74) is 3.01. The first-order valence-electron chi connectivity index (χ1n) is 7.15. The highest BCUT2D eigenvalue weighted by Gasteiger charge is 2.10. The summed E-state index contributed by atoms with van der Waals surface area (Å²) in [4.78, 5) is 15.5. The zero-order valence-electron chi connectivity index (χ0n) is 12.7. The van der Waals surface area contributed by atoms with Crippen molar-refractivity contribution in [1.82, 2.24) is 4.98 Å². The van der Waals surface area contributed by atoms with Crippen molar-refractivity contribution < 1.29 is 14.6 Å². The Morgan fingerprint density at radius 2 is 1.77 bits per heavy atom. The molecule has 0 aliphatic rings. The quantitative estimate of drug-likeness (QED) is 0.680. The number of aliphatic hydroxyl groups is 1. The number of ether oxygens (including phenoxy) is 1. The van der Waals surface area contributed by atoms with E-state index in [9.17, 15) is 9.90 Å². The average Bonchev–Trinajstić information content (AvgIpc) is 2.56. The number of aromatic nitrogens is 1. The summed E-state index contributed by atoms with van der Waals surface area (Å²) in [6.45, 7) is 3.86. The van der Waals surface area contributed by atoms with Crippen molar-refractivity contribution in [1.29, 1.82) is 0 Å². The maximum atomic E-state index is 11.6. The van der Waals surface area contributed by atoms with Crippen LogP contribution in [0.3, 0.4) is 0 Å². The predicted molar refractivity (Wildman–Crippen MR) is 85.0 cm³/mol. The lowest BCUT2D eigenvalue weighted by Gasteiger charge is -2.11. The Morgan fingerprint density at radius 1 is 1.18 bits per heavy atom. The van der Waals surface area contributed by atoms with Crippen molar-refractivity contribution in [3.8, 4) is 0 Å². The molecule has 1 aromatic carbocycles. The highest BCUT2D eigenvalue weighted by molar-refractivity contribution is 5.92. The van der Waals surface area contributed by atoms with Gasteiger partial charge in [-0.1, -0.05) is 24.3 Å². The first-order valence-corrected chi connectivity index (χ1v) is 7.15. The lowest BCUT2D eigenvalue weighted by Crippen LogP contribution is -2.04. The van der Waals surface area contributed by atoms with E-state index in [0.29, 0.717) is 12.2 Å². The SMILES string of the molecule is CCOC(=O)C(C)=Cc1ccc(C(O)c2ccncc2)cc1. The molecular weight excluding hydrogens is 278 g/mol. The van der Waals surface area contributed by atoms with Gasteiger partial charge in [-0.2, -0.15) is 0 Å². The van der Waals surface area contributed by atoms with Crippen LogP contribution < -0.4 is 0 Å². The molecule has 0 saturated carbocycles. The van der Waals surface area contributed by atoms with Crippen molar-refractivity contribution in [2.75, 3.05) is 6.61 Å². The van der Waals surface area contributed by atoms with Gasteiger partial charge in [0.2, 0.25) is 0 Å². The summed E-state index contributed by atoms with van der Waals surface area (Å²) >= 11 is 0. The molecule has 22 heavy (non-hydrogen) atoms. The third kappa shape index (κ3) is 4.02. The number of benzene rings is 1. The number of hydrogen-bond acceptors (Lipinski definition) is 4. The fourth-order valence-electron chi connectivity index (χ4n) is 2.07. The third-order valence-electron chi connectivity index (χ3n) is 3.25. The fourth-order valence-corrected chi connectivity index (χ4v) is 2.07. The summed E-state index contributed by atoms with van der Waals surface area (Å²) in [5, 5.41) is 10.3. The van der Waals surface area contributed by atoms with Crippen LogP contribution in [0.15, 0.2) is 54.4 Å². The second kappa shape index (κ2) is 7.52. The van der Waals surface area contributed by atoms with Crippen molar-refractivity contribution >= 4 is 12.0 Å². The van der Waals surface area contributed by atoms with Crippen LogP contribution in [-0.4, -0.2) is 22.7 Å². The molecule has 0 spiro atoms. The van der Waals surface area contributed by atoms with Crippen LogP contribution in [0.1, 0.15) is 36.6 Å². The van der Waals surface area contributed by atoms with Gasteiger partial charge in [-0.25, -0.2) is 4.79 Å². The molecule has 114 valence electrons. The molecule has 1 heterocycles. The number of aliphatic hydroxyl groups excluding tert-OH is 1. The van der Waals surface area contributed by atoms with Gasteiger partial charge >= 0.3 is 5.97 Å². The number of carbonyl (C=O) groups excluding carboxylic acids is 1. The highest BCUT2D eigenvalue weighted by Crippen LogP contribution is 2.22. The normalized spacial score (nSPS) is 12.8. The predicted octanol–water partition coefficient (Wildman–Crippen LogP) is 3.13. The number of rotatable bonds is 5. The Kier molecular flexibility index (Phi) is 5.44.